The van der Waals surface area contributed by atoms with Gasteiger partial charge in [0.2, 0.25) is 0 Å². The van der Waals surface area contributed by atoms with Gasteiger partial charge in [-0.3, -0.25) is 0 Å². The van der Waals surface area contributed by atoms with Gasteiger partial charge in [-0.05, 0) is 12.1 Å². The topological polar surface area (TPSA) is 53.7 Å². The summed E-state index contributed by atoms with van der Waals surface area (Å²) in [4.78, 5) is 0.355. The van der Waals surface area contributed by atoms with Crippen LogP contribution in [0, 0.1) is 0 Å². The fourth-order valence-corrected chi connectivity index (χ4v) is 1.77. The Bertz CT molecular complexity index is 407. The molecule has 1 aliphatic heterocycles. The van der Waals surface area contributed by atoms with Gasteiger partial charge < -0.3 is 19.9 Å². The highest BCUT2D eigenvalue weighted by molar-refractivity contribution is 7.80. The quantitative estimate of drug-likeness (QED) is 0.599. The summed E-state index contributed by atoms with van der Waals surface area (Å²) >= 11 is 4.97. The second-order valence-electron chi connectivity index (χ2n) is 4.09. The first-order valence-corrected chi connectivity index (χ1v) is 6.39. The van der Waals surface area contributed by atoms with Crippen molar-refractivity contribution in [3.05, 3.63) is 29.8 Å². The fourth-order valence-electron chi connectivity index (χ4n) is 1.60. The van der Waals surface area contributed by atoms with Crippen LogP contribution in [-0.2, 0) is 9.47 Å². The molecule has 1 aromatic rings. The van der Waals surface area contributed by atoms with Gasteiger partial charge in [-0.15, -0.1) is 0 Å². The van der Waals surface area contributed by atoms with Crippen molar-refractivity contribution >= 4 is 17.2 Å². The summed E-state index contributed by atoms with van der Waals surface area (Å²) in [6.45, 7) is 2.70. The molecule has 0 radical (unpaired) electrons. The number of para-hydroxylation sites is 1. The summed E-state index contributed by atoms with van der Waals surface area (Å²) in [7, 11) is 0. The number of thiocarbonyl (C=S) groups is 1. The maximum atomic E-state index is 5.65. The molecule has 4 nitrogen and oxygen atoms in total. The molecule has 1 heterocycles. The van der Waals surface area contributed by atoms with Crippen LogP contribution < -0.4 is 10.5 Å². The average Bonchev–Trinajstić information content (AvgIpc) is 2.31. The van der Waals surface area contributed by atoms with Gasteiger partial charge in [0.25, 0.3) is 0 Å². The fraction of sp³-hybridized carbons (Fsp3) is 0.462. The van der Waals surface area contributed by atoms with Crippen LogP contribution in [0.25, 0.3) is 0 Å². The van der Waals surface area contributed by atoms with Gasteiger partial charge in [0.05, 0.1) is 32.0 Å². The van der Waals surface area contributed by atoms with E-state index in [1.54, 1.807) is 0 Å². The molecule has 0 spiro atoms. The Labute approximate surface area is 112 Å². The Hall–Kier alpha value is -1.17. The van der Waals surface area contributed by atoms with E-state index in [2.05, 4.69) is 0 Å². The molecular formula is C13H17NO3S. The summed E-state index contributed by atoms with van der Waals surface area (Å²) in [5, 5.41) is 0. The Kier molecular flexibility index (Phi) is 4.92. The summed E-state index contributed by atoms with van der Waals surface area (Å²) in [6.07, 6.45) is 1.11. The second-order valence-corrected chi connectivity index (χ2v) is 4.53. The van der Waals surface area contributed by atoms with Gasteiger partial charge in [-0.1, -0.05) is 24.4 Å². The van der Waals surface area contributed by atoms with Crippen molar-refractivity contribution in [2.45, 2.75) is 12.5 Å². The molecule has 0 unspecified atom stereocenters. The van der Waals surface area contributed by atoms with Gasteiger partial charge in [-0.2, -0.15) is 0 Å². The minimum atomic E-state index is 0.272. The van der Waals surface area contributed by atoms with Crippen molar-refractivity contribution in [3.63, 3.8) is 0 Å². The van der Waals surface area contributed by atoms with Crippen molar-refractivity contribution in [2.24, 2.45) is 5.73 Å². The molecule has 1 saturated heterocycles. The third-order valence-corrected chi connectivity index (χ3v) is 2.88. The van der Waals surface area contributed by atoms with E-state index in [-0.39, 0.29) is 6.10 Å². The molecule has 98 valence electrons. The van der Waals surface area contributed by atoms with E-state index in [9.17, 15) is 0 Å². The number of rotatable bonds is 7. The predicted octanol–water partition coefficient (Wildman–Crippen LogP) is 1.51. The number of ether oxygens (including phenoxy) is 3. The van der Waals surface area contributed by atoms with E-state index in [0.29, 0.717) is 31.4 Å². The lowest BCUT2D eigenvalue weighted by Gasteiger charge is -2.25. The van der Waals surface area contributed by atoms with Crippen molar-refractivity contribution in [2.75, 3.05) is 26.4 Å². The van der Waals surface area contributed by atoms with E-state index in [4.69, 9.17) is 32.2 Å². The van der Waals surface area contributed by atoms with Crippen LogP contribution in [0.15, 0.2) is 24.3 Å². The smallest absolute Gasteiger partial charge is 0.129 e. The third-order valence-electron chi connectivity index (χ3n) is 2.66. The summed E-state index contributed by atoms with van der Waals surface area (Å²) < 4.78 is 16.2. The van der Waals surface area contributed by atoms with E-state index in [1.807, 2.05) is 24.3 Å². The van der Waals surface area contributed by atoms with Crippen LogP contribution >= 0.6 is 12.2 Å². The first kappa shape index (κ1) is 13.3. The molecule has 0 atom stereocenters. The number of benzene rings is 1. The Balaban J connectivity index is 1.70. The molecule has 0 saturated carbocycles. The Morgan fingerprint density at radius 2 is 2.11 bits per heavy atom. The van der Waals surface area contributed by atoms with E-state index < -0.39 is 0 Å². The molecule has 2 N–H and O–H groups in total. The van der Waals surface area contributed by atoms with Crippen molar-refractivity contribution in [1.82, 2.24) is 0 Å². The Morgan fingerprint density at radius 1 is 1.33 bits per heavy atom. The summed E-state index contributed by atoms with van der Waals surface area (Å²) in [5.74, 6) is 0.733. The first-order chi connectivity index (χ1) is 8.77. The van der Waals surface area contributed by atoms with Crippen molar-refractivity contribution in [1.29, 1.82) is 0 Å². The summed E-state index contributed by atoms with van der Waals surface area (Å²) in [6, 6.07) is 7.52. The molecule has 0 aliphatic carbocycles. The van der Waals surface area contributed by atoms with Crippen LogP contribution in [0.4, 0.5) is 0 Å². The largest absolute Gasteiger partial charge is 0.493 e. The lowest BCUT2D eigenvalue weighted by molar-refractivity contribution is -0.130. The normalized spacial score (nSPS) is 15.1. The van der Waals surface area contributed by atoms with Gasteiger partial charge in [0, 0.05) is 6.42 Å². The number of nitrogens with two attached hydrogens (primary N) is 1. The molecule has 0 aromatic heterocycles. The van der Waals surface area contributed by atoms with Gasteiger partial charge in [0.1, 0.15) is 16.8 Å². The van der Waals surface area contributed by atoms with E-state index in [1.165, 1.54) is 0 Å². The van der Waals surface area contributed by atoms with Crippen LogP contribution in [0.1, 0.15) is 12.0 Å². The molecule has 1 aromatic carbocycles. The zero-order chi connectivity index (χ0) is 12.8. The molecular weight excluding hydrogens is 250 g/mol. The molecule has 18 heavy (non-hydrogen) atoms. The predicted molar refractivity (Wildman–Crippen MR) is 73.0 cm³/mol. The molecule has 2 rings (SSSR count). The van der Waals surface area contributed by atoms with Gasteiger partial charge in [-0.25, -0.2) is 0 Å². The second kappa shape index (κ2) is 6.68. The van der Waals surface area contributed by atoms with Crippen molar-refractivity contribution in [3.8, 4) is 5.75 Å². The molecule has 1 fully saturated rings. The summed E-state index contributed by atoms with van der Waals surface area (Å²) in [5.41, 5.74) is 6.40. The molecule has 0 bridgehead atoms. The SMILES string of the molecule is NC(=S)c1ccccc1OCCCOC1COC1. The molecule has 1 aliphatic rings. The zero-order valence-corrected chi connectivity index (χ0v) is 10.9. The van der Waals surface area contributed by atoms with Crippen LogP contribution in [-0.4, -0.2) is 37.5 Å². The highest BCUT2D eigenvalue weighted by Crippen LogP contribution is 2.17. The van der Waals surface area contributed by atoms with E-state index in [0.717, 1.165) is 17.7 Å². The van der Waals surface area contributed by atoms with Crippen LogP contribution in [0.5, 0.6) is 5.75 Å². The van der Waals surface area contributed by atoms with Crippen LogP contribution in [0.2, 0.25) is 0 Å². The highest BCUT2D eigenvalue weighted by atomic mass is 32.1. The standard InChI is InChI=1S/C13H17NO3S/c14-13(18)11-4-1-2-5-12(11)17-7-3-6-16-10-8-15-9-10/h1-2,4-5,10H,3,6-9H2,(H2,14,18). The van der Waals surface area contributed by atoms with Gasteiger partial charge >= 0.3 is 0 Å². The lowest BCUT2D eigenvalue weighted by Crippen LogP contribution is -2.36. The molecule has 5 heteroatoms. The number of hydrogen-bond donors (Lipinski definition) is 1. The minimum Gasteiger partial charge on any atom is -0.493 e. The first-order valence-electron chi connectivity index (χ1n) is 5.98. The highest BCUT2D eigenvalue weighted by Gasteiger charge is 2.18. The van der Waals surface area contributed by atoms with Gasteiger partial charge in [0.15, 0.2) is 0 Å². The Morgan fingerprint density at radius 3 is 2.78 bits per heavy atom. The maximum absolute atomic E-state index is 5.65. The van der Waals surface area contributed by atoms with Crippen LogP contribution in [0.3, 0.4) is 0 Å². The minimum absolute atomic E-state index is 0.272. The monoisotopic (exact) mass is 267 g/mol. The number of hydrogen-bond acceptors (Lipinski definition) is 4. The average molecular weight is 267 g/mol. The van der Waals surface area contributed by atoms with E-state index >= 15 is 0 Å². The lowest BCUT2D eigenvalue weighted by atomic mass is 10.2. The molecule has 0 amide bonds. The third kappa shape index (κ3) is 3.66. The van der Waals surface area contributed by atoms with Crippen molar-refractivity contribution < 1.29 is 14.2 Å². The zero-order valence-electron chi connectivity index (χ0n) is 10.1. The maximum Gasteiger partial charge on any atom is 0.129 e.